The summed E-state index contributed by atoms with van der Waals surface area (Å²) in [6.45, 7) is 0.981. The van der Waals surface area contributed by atoms with Crippen LogP contribution in [-0.4, -0.2) is 23.3 Å². The summed E-state index contributed by atoms with van der Waals surface area (Å²) in [5.41, 5.74) is 5.39. The van der Waals surface area contributed by atoms with Crippen LogP contribution in [0.1, 0.15) is 11.8 Å². The summed E-state index contributed by atoms with van der Waals surface area (Å²) < 4.78 is 10.9. The van der Waals surface area contributed by atoms with Crippen LogP contribution < -0.4 is 10.5 Å². The number of nitrogens with zero attached hydrogens (tertiary/aromatic N) is 2. The van der Waals surface area contributed by atoms with E-state index in [1.807, 2.05) is 12.1 Å². The van der Waals surface area contributed by atoms with Gasteiger partial charge in [0.05, 0.1) is 13.0 Å². The molecular weight excluding hydrogens is 254 g/mol. The zero-order chi connectivity index (χ0) is 12.8. The lowest BCUT2D eigenvalue weighted by Crippen LogP contribution is -2.02. The first kappa shape index (κ1) is 12.9. The Hall–Kier alpha value is -1.59. The van der Waals surface area contributed by atoms with Crippen molar-refractivity contribution in [1.29, 1.82) is 0 Å². The minimum Gasteiger partial charge on any atom is -0.493 e. The molecule has 0 atom stereocenters. The Balaban J connectivity index is 1.79. The van der Waals surface area contributed by atoms with Gasteiger partial charge in [0.2, 0.25) is 11.8 Å². The van der Waals surface area contributed by atoms with Crippen LogP contribution in [0.4, 0.5) is 0 Å². The standard InChI is InChI=1S/C12H14ClN3O2/c13-9-1-3-10(4-2-9)17-8-6-12-16-15-11(18-12)5-7-14/h1-4H,5-8,14H2. The summed E-state index contributed by atoms with van der Waals surface area (Å²) in [7, 11) is 0. The van der Waals surface area contributed by atoms with Crippen LogP contribution in [0, 0.1) is 0 Å². The molecule has 0 bridgehead atoms. The monoisotopic (exact) mass is 267 g/mol. The number of benzene rings is 1. The summed E-state index contributed by atoms with van der Waals surface area (Å²) in [6.07, 6.45) is 1.17. The fraction of sp³-hybridized carbons (Fsp3) is 0.333. The van der Waals surface area contributed by atoms with Crippen molar-refractivity contribution in [3.05, 3.63) is 41.1 Å². The molecule has 0 amide bonds. The van der Waals surface area contributed by atoms with Crippen LogP contribution in [0.15, 0.2) is 28.7 Å². The van der Waals surface area contributed by atoms with Crippen LogP contribution in [0.3, 0.4) is 0 Å². The first-order valence-electron chi connectivity index (χ1n) is 5.67. The molecule has 0 aliphatic carbocycles. The molecule has 1 aromatic heterocycles. The molecule has 0 unspecified atom stereocenters. The van der Waals surface area contributed by atoms with E-state index in [-0.39, 0.29) is 0 Å². The molecule has 1 heterocycles. The average molecular weight is 268 g/mol. The van der Waals surface area contributed by atoms with Gasteiger partial charge in [-0.1, -0.05) is 11.6 Å². The summed E-state index contributed by atoms with van der Waals surface area (Å²) >= 11 is 5.78. The van der Waals surface area contributed by atoms with Gasteiger partial charge in [-0.25, -0.2) is 0 Å². The second-order valence-electron chi connectivity index (χ2n) is 3.68. The van der Waals surface area contributed by atoms with Gasteiger partial charge in [-0.2, -0.15) is 0 Å². The van der Waals surface area contributed by atoms with Crippen molar-refractivity contribution in [2.45, 2.75) is 12.8 Å². The topological polar surface area (TPSA) is 74.2 Å². The third-order valence-corrected chi connectivity index (χ3v) is 2.52. The number of ether oxygens (including phenoxy) is 1. The Bertz CT molecular complexity index is 484. The molecule has 0 saturated heterocycles. The summed E-state index contributed by atoms with van der Waals surface area (Å²) in [6, 6.07) is 7.19. The van der Waals surface area contributed by atoms with Crippen molar-refractivity contribution in [1.82, 2.24) is 10.2 Å². The predicted molar refractivity (Wildman–Crippen MR) is 67.7 cm³/mol. The molecular formula is C12H14ClN3O2. The molecule has 5 nitrogen and oxygen atoms in total. The van der Waals surface area contributed by atoms with Gasteiger partial charge >= 0.3 is 0 Å². The van der Waals surface area contributed by atoms with Crippen molar-refractivity contribution >= 4 is 11.6 Å². The molecule has 0 fully saturated rings. The fourth-order valence-corrected chi connectivity index (χ4v) is 1.53. The molecule has 0 aliphatic heterocycles. The minimum atomic E-state index is 0.478. The van der Waals surface area contributed by atoms with E-state index in [4.69, 9.17) is 26.5 Å². The SMILES string of the molecule is NCCc1nnc(CCOc2ccc(Cl)cc2)o1. The van der Waals surface area contributed by atoms with Gasteiger partial charge in [0.1, 0.15) is 5.75 Å². The number of aromatic nitrogens is 2. The third kappa shape index (κ3) is 3.72. The molecule has 0 radical (unpaired) electrons. The highest BCUT2D eigenvalue weighted by Crippen LogP contribution is 2.15. The van der Waals surface area contributed by atoms with Crippen LogP contribution in [-0.2, 0) is 12.8 Å². The zero-order valence-corrected chi connectivity index (χ0v) is 10.6. The predicted octanol–water partition coefficient (Wildman–Crippen LogP) is 1.85. The van der Waals surface area contributed by atoms with E-state index < -0.39 is 0 Å². The average Bonchev–Trinajstić information content (AvgIpc) is 2.80. The van der Waals surface area contributed by atoms with Gasteiger partial charge < -0.3 is 14.9 Å². The molecule has 6 heteroatoms. The lowest BCUT2D eigenvalue weighted by Gasteiger charge is -2.03. The normalized spacial score (nSPS) is 10.6. The minimum absolute atomic E-state index is 0.478. The van der Waals surface area contributed by atoms with Gasteiger partial charge in [-0.15, -0.1) is 10.2 Å². The number of hydrogen-bond acceptors (Lipinski definition) is 5. The Labute approximate surface area is 110 Å². The molecule has 1 aromatic carbocycles. The van der Waals surface area contributed by atoms with E-state index in [1.165, 1.54) is 0 Å². The molecule has 0 spiro atoms. The highest BCUT2D eigenvalue weighted by molar-refractivity contribution is 6.30. The maximum Gasteiger partial charge on any atom is 0.219 e. The van der Waals surface area contributed by atoms with Crippen LogP contribution in [0.5, 0.6) is 5.75 Å². The lowest BCUT2D eigenvalue weighted by atomic mass is 10.3. The first-order chi connectivity index (χ1) is 8.78. The molecule has 0 aliphatic rings. The second-order valence-corrected chi connectivity index (χ2v) is 4.12. The Morgan fingerprint density at radius 1 is 1.11 bits per heavy atom. The van der Waals surface area contributed by atoms with Crippen molar-refractivity contribution in [2.75, 3.05) is 13.2 Å². The summed E-state index contributed by atoms with van der Waals surface area (Å²) in [5, 5.41) is 8.47. The maximum absolute atomic E-state index is 5.78. The molecule has 2 aromatic rings. The van der Waals surface area contributed by atoms with Gasteiger partial charge in [-0.3, -0.25) is 0 Å². The smallest absolute Gasteiger partial charge is 0.219 e. The van der Waals surface area contributed by atoms with E-state index in [9.17, 15) is 0 Å². The lowest BCUT2D eigenvalue weighted by molar-refractivity contribution is 0.304. The van der Waals surface area contributed by atoms with E-state index in [2.05, 4.69) is 10.2 Å². The first-order valence-corrected chi connectivity index (χ1v) is 6.05. The molecule has 2 N–H and O–H groups in total. The fourth-order valence-electron chi connectivity index (χ4n) is 1.40. The largest absolute Gasteiger partial charge is 0.493 e. The third-order valence-electron chi connectivity index (χ3n) is 2.27. The molecule has 18 heavy (non-hydrogen) atoms. The van der Waals surface area contributed by atoms with E-state index >= 15 is 0 Å². The van der Waals surface area contributed by atoms with Crippen LogP contribution in [0.2, 0.25) is 5.02 Å². The van der Waals surface area contributed by atoms with E-state index in [0.29, 0.717) is 42.8 Å². The van der Waals surface area contributed by atoms with Crippen molar-refractivity contribution < 1.29 is 9.15 Å². The highest BCUT2D eigenvalue weighted by Gasteiger charge is 2.05. The van der Waals surface area contributed by atoms with Crippen molar-refractivity contribution in [3.63, 3.8) is 0 Å². The second kappa shape index (κ2) is 6.37. The highest BCUT2D eigenvalue weighted by atomic mass is 35.5. The van der Waals surface area contributed by atoms with Gasteiger partial charge in [0, 0.05) is 18.0 Å². The van der Waals surface area contributed by atoms with Crippen LogP contribution >= 0.6 is 11.6 Å². The van der Waals surface area contributed by atoms with E-state index in [1.54, 1.807) is 12.1 Å². The van der Waals surface area contributed by atoms with Gasteiger partial charge in [0.15, 0.2) is 0 Å². The van der Waals surface area contributed by atoms with Gasteiger partial charge in [0.25, 0.3) is 0 Å². The van der Waals surface area contributed by atoms with E-state index in [0.717, 1.165) is 5.75 Å². The van der Waals surface area contributed by atoms with Crippen LogP contribution in [0.25, 0.3) is 0 Å². The number of nitrogens with two attached hydrogens (primary N) is 1. The maximum atomic E-state index is 5.78. The number of hydrogen-bond donors (Lipinski definition) is 1. The van der Waals surface area contributed by atoms with Gasteiger partial charge in [-0.05, 0) is 24.3 Å². The Kier molecular flexibility index (Phi) is 4.55. The van der Waals surface area contributed by atoms with Crippen molar-refractivity contribution in [3.8, 4) is 5.75 Å². The Morgan fingerprint density at radius 2 is 1.78 bits per heavy atom. The molecule has 2 rings (SSSR count). The molecule has 96 valence electrons. The number of rotatable bonds is 6. The van der Waals surface area contributed by atoms with Crippen molar-refractivity contribution in [2.24, 2.45) is 5.73 Å². The summed E-state index contributed by atoms with van der Waals surface area (Å²) in [5.74, 6) is 1.90. The quantitative estimate of drug-likeness (QED) is 0.864. The molecule has 0 saturated carbocycles. The summed E-state index contributed by atoms with van der Waals surface area (Å²) in [4.78, 5) is 0. The Morgan fingerprint density at radius 3 is 2.44 bits per heavy atom. The number of halogens is 1. The zero-order valence-electron chi connectivity index (χ0n) is 9.80.